The molecule has 2 atom stereocenters. The molecule has 2 unspecified atom stereocenters. The van der Waals surface area contributed by atoms with Crippen molar-refractivity contribution in [2.45, 2.75) is 46.2 Å². The van der Waals surface area contributed by atoms with Crippen LogP contribution in [0.3, 0.4) is 0 Å². The smallest absolute Gasteiger partial charge is 0.126 e. The highest BCUT2D eigenvalue weighted by atomic mass is 15.1. The van der Waals surface area contributed by atoms with Crippen molar-refractivity contribution in [3.8, 4) is 0 Å². The minimum atomic E-state index is 0.424. The van der Waals surface area contributed by atoms with Crippen LogP contribution in [0, 0.1) is 11.8 Å². The molecule has 1 aromatic rings. The molecule has 1 saturated carbocycles. The molecule has 0 bridgehead atoms. The summed E-state index contributed by atoms with van der Waals surface area (Å²) >= 11 is 0. The molecule has 1 N–H and O–H groups in total. The van der Waals surface area contributed by atoms with Gasteiger partial charge in [0.05, 0.1) is 6.04 Å². The lowest BCUT2D eigenvalue weighted by Gasteiger charge is -2.24. The van der Waals surface area contributed by atoms with E-state index in [1.807, 2.05) is 6.20 Å². The topological polar surface area (TPSA) is 29.9 Å². The van der Waals surface area contributed by atoms with Crippen molar-refractivity contribution in [1.29, 1.82) is 0 Å². The summed E-state index contributed by atoms with van der Waals surface area (Å²) in [5.41, 5.74) is 0. The van der Waals surface area contributed by atoms with E-state index >= 15 is 0 Å². The summed E-state index contributed by atoms with van der Waals surface area (Å²) in [6.45, 7) is 8.73. The predicted molar refractivity (Wildman–Crippen MR) is 66.2 cm³/mol. The van der Waals surface area contributed by atoms with Gasteiger partial charge >= 0.3 is 0 Å². The fourth-order valence-corrected chi connectivity index (χ4v) is 2.49. The quantitative estimate of drug-likeness (QED) is 0.800. The standard InChI is InChI=1S/C13H23N3/c1-4-14-12(10(3)11-6-7-11)13-15-8-9-16(13)5-2/h8-12,14H,4-7H2,1-3H3. The van der Waals surface area contributed by atoms with Gasteiger partial charge in [-0.15, -0.1) is 0 Å². The van der Waals surface area contributed by atoms with Crippen molar-refractivity contribution in [2.75, 3.05) is 6.54 Å². The summed E-state index contributed by atoms with van der Waals surface area (Å²) in [5, 5.41) is 3.60. The van der Waals surface area contributed by atoms with Gasteiger partial charge in [-0.2, -0.15) is 0 Å². The van der Waals surface area contributed by atoms with Gasteiger partial charge in [0.15, 0.2) is 0 Å². The summed E-state index contributed by atoms with van der Waals surface area (Å²) < 4.78 is 2.26. The van der Waals surface area contributed by atoms with Crippen LogP contribution in [0.2, 0.25) is 0 Å². The first kappa shape index (κ1) is 11.6. The van der Waals surface area contributed by atoms with Crippen LogP contribution in [0.15, 0.2) is 12.4 Å². The van der Waals surface area contributed by atoms with E-state index in [0.717, 1.165) is 19.0 Å². The molecule has 0 saturated heterocycles. The molecule has 0 aliphatic heterocycles. The molecule has 2 rings (SSSR count). The molecule has 16 heavy (non-hydrogen) atoms. The molecule has 1 fully saturated rings. The van der Waals surface area contributed by atoms with E-state index in [4.69, 9.17) is 0 Å². The van der Waals surface area contributed by atoms with Crippen LogP contribution < -0.4 is 5.32 Å². The Bertz CT molecular complexity index is 328. The molecule has 3 nitrogen and oxygen atoms in total. The summed E-state index contributed by atoms with van der Waals surface area (Å²) in [6.07, 6.45) is 6.80. The van der Waals surface area contributed by atoms with Gasteiger partial charge in [0.1, 0.15) is 5.82 Å². The Morgan fingerprint density at radius 1 is 1.50 bits per heavy atom. The molecule has 1 aliphatic rings. The number of nitrogens with one attached hydrogen (secondary N) is 1. The maximum Gasteiger partial charge on any atom is 0.126 e. The van der Waals surface area contributed by atoms with Crippen LogP contribution in [-0.2, 0) is 6.54 Å². The lowest BCUT2D eigenvalue weighted by atomic mass is 9.96. The lowest BCUT2D eigenvalue weighted by molar-refractivity contribution is 0.333. The van der Waals surface area contributed by atoms with Gasteiger partial charge < -0.3 is 9.88 Å². The molecule has 0 aromatic carbocycles. The summed E-state index contributed by atoms with van der Waals surface area (Å²) in [4.78, 5) is 4.54. The second kappa shape index (κ2) is 5.00. The van der Waals surface area contributed by atoms with Crippen LogP contribution in [0.25, 0.3) is 0 Å². The third-order valence-electron chi connectivity index (χ3n) is 3.68. The molecule has 0 radical (unpaired) electrons. The SMILES string of the molecule is CCNC(c1nccn1CC)C(C)C1CC1. The number of hydrogen-bond acceptors (Lipinski definition) is 2. The van der Waals surface area contributed by atoms with Crippen molar-refractivity contribution in [3.63, 3.8) is 0 Å². The van der Waals surface area contributed by atoms with Gasteiger partial charge in [0, 0.05) is 18.9 Å². The molecule has 1 heterocycles. The van der Waals surface area contributed by atoms with Crippen LogP contribution in [-0.4, -0.2) is 16.1 Å². The first-order valence-corrected chi connectivity index (χ1v) is 6.52. The maximum absolute atomic E-state index is 4.54. The Labute approximate surface area is 98.3 Å². The Balaban J connectivity index is 2.17. The van der Waals surface area contributed by atoms with E-state index in [2.05, 4.69) is 41.8 Å². The van der Waals surface area contributed by atoms with Crippen LogP contribution in [0.5, 0.6) is 0 Å². The number of aromatic nitrogens is 2. The zero-order valence-corrected chi connectivity index (χ0v) is 10.6. The minimum absolute atomic E-state index is 0.424. The Hall–Kier alpha value is -0.830. The van der Waals surface area contributed by atoms with Crippen molar-refractivity contribution < 1.29 is 0 Å². The average molecular weight is 221 g/mol. The maximum atomic E-state index is 4.54. The molecular weight excluding hydrogens is 198 g/mol. The Morgan fingerprint density at radius 2 is 2.25 bits per heavy atom. The largest absolute Gasteiger partial charge is 0.334 e. The monoisotopic (exact) mass is 221 g/mol. The number of imidazole rings is 1. The second-order valence-corrected chi connectivity index (χ2v) is 4.80. The molecular formula is C13H23N3. The molecule has 3 heteroatoms. The highest BCUT2D eigenvalue weighted by Crippen LogP contribution is 2.42. The van der Waals surface area contributed by atoms with Crippen molar-refractivity contribution in [1.82, 2.24) is 14.9 Å². The van der Waals surface area contributed by atoms with Crippen LogP contribution in [0.4, 0.5) is 0 Å². The van der Waals surface area contributed by atoms with E-state index in [9.17, 15) is 0 Å². The zero-order valence-electron chi connectivity index (χ0n) is 10.6. The first-order valence-electron chi connectivity index (χ1n) is 6.52. The fourth-order valence-electron chi connectivity index (χ4n) is 2.49. The Kier molecular flexibility index (Phi) is 3.64. The van der Waals surface area contributed by atoms with Crippen molar-refractivity contribution in [3.05, 3.63) is 18.2 Å². The Morgan fingerprint density at radius 3 is 2.81 bits per heavy atom. The normalized spacial score (nSPS) is 19.7. The van der Waals surface area contributed by atoms with E-state index in [0.29, 0.717) is 12.0 Å². The summed E-state index contributed by atoms with van der Waals surface area (Å²) in [7, 11) is 0. The van der Waals surface area contributed by atoms with E-state index in [1.165, 1.54) is 18.7 Å². The molecule has 0 spiro atoms. The summed E-state index contributed by atoms with van der Waals surface area (Å²) in [5.74, 6) is 2.82. The van der Waals surface area contributed by atoms with Crippen LogP contribution >= 0.6 is 0 Å². The van der Waals surface area contributed by atoms with Crippen LogP contribution in [0.1, 0.15) is 45.5 Å². The highest BCUT2D eigenvalue weighted by Gasteiger charge is 2.35. The third-order valence-corrected chi connectivity index (χ3v) is 3.68. The first-order chi connectivity index (χ1) is 7.77. The summed E-state index contributed by atoms with van der Waals surface area (Å²) in [6, 6.07) is 0.424. The van der Waals surface area contributed by atoms with Gasteiger partial charge in [-0.25, -0.2) is 4.98 Å². The van der Waals surface area contributed by atoms with Crippen molar-refractivity contribution in [2.24, 2.45) is 11.8 Å². The fraction of sp³-hybridized carbons (Fsp3) is 0.769. The molecule has 1 aliphatic carbocycles. The van der Waals surface area contributed by atoms with E-state index in [1.54, 1.807) is 0 Å². The molecule has 0 amide bonds. The second-order valence-electron chi connectivity index (χ2n) is 4.80. The number of hydrogen-bond donors (Lipinski definition) is 1. The number of nitrogens with zero attached hydrogens (tertiary/aromatic N) is 2. The van der Waals surface area contributed by atoms with Gasteiger partial charge in [0.25, 0.3) is 0 Å². The zero-order chi connectivity index (χ0) is 11.5. The third kappa shape index (κ3) is 2.29. The van der Waals surface area contributed by atoms with Gasteiger partial charge in [0.2, 0.25) is 0 Å². The lowest BCUT2D eigenvalue weighted by Crippen LogP contribution is -2.30. The molecule has 1 aromatic heterocycles. The number of aryl methyl sites for hydroxylation is 1. The van der Waals surface area contributed by atoms with E-state index < -0.39 is 0 Å². The van der Waals surface area contributed by atoms with Gasteiger partial charge in [-0.1, -0.05) is 13.8 Å². The predicted octanol–water partition coefficient (Wildman–Crippen LogP) is 2.60. The van der Waals surface area contributed by atoms with Gasteiger partial charge in [-0.3, -0.25) is 0 Å². The van der Waals surface area contributed by atoms with E-state index in [-0.39, 0.29) is 0 Å². The average Bonchev–Trinajstić information content (AvgIpc) is 3.04. The van der Waals surface area contributed by atoms with Gasteiger partial charge in [-0.05, 0) is 38.1 Å². The van der Waals surface area contributed by atoms with Crippen molar-refractivity contribution >= 4 is 0 Å². The number of rotatable bonds is 6. The minimum Gasteiger partial charge on any atom is -0.334 e. The molecule has 90 valence electrons. The highest BCUT2D eigenvalue weighted by molar-refractivity contribution is 5.03.